The summed E-state index contributed by atoms with van der Waals surface area (Å²) >= 11 is 0. The first kappa shape index (κ1) is 19.0. The number of aliphatic imine (C=N–C) groups is 1. The third kappa shape index (κ3) is 5.88. The van der Waals surface area contributed by atoms with Gasteiger partial charge in [0.2, 0.25) is 0 Å². The van der Waals surface area contributed by atoms with Crippen molar-refractivity contribution in [1.82, 2.24) is 34.9 Å². The Morgan fingerprint density at radius 2 is 2.04 bits per heavy atom. The molecule has 0 amide bonds. The summed E-state index contributed by atoms with van der Waals surface area (Å²) in [6.07, 6.45) is 6.51. The molecule has 0 aromatic carbocycles. The van der Waals surface area contributed by atoms with E-state index in [4.69, 9.17) is 0 Å². The molecule has 0 atom stereocenters. The van der Waals surface area contributed by atoms with Crippen molar-refractivity contribution >= 4 is 5.96 Å². The summed E-state index contributed by atoms with van der Waals surface area (Å²) in [4.78, 5) is 9.08. The van der Waals surface area contributed by atoms with Gasteiger partial charge in [0.1, 0.15) is 24.5 Å². The molecule has 0 radical (unpaired) electrons. The molecule has 8 nitrogen and oxygen atoms in total. The fourth-order valence-electron chi connectivity index (χ4n) is 2.58. The summed E-state index contributed by atoms with van der Waals surface area (Å²) < 4.78 is 4.23. The van der Waals surface area contributed by atoms with Crippen LogP contribution in [0, 0.1) is 5.92 Å². The van der Waals surface area contributed by atoms with Gasteiger partial charge in [0.15, 0.2) is 5.96 Å². The minimum absolute atomic E-state index is 0.557. The standard InChI is InChI=1S/C17H30N8/c1-5-15-23-22-13-25(15)10-8-20-17(18-6-2)21-11-16-19-7-9-24(16)12-14(3)4/h7,9,13-14H,5-6,8,10-12H2,1-4H3,(H2,18,20,21). The smallest absolute Gasteiger partial charge is 0.191 e. The van der Waals surface area contributed by atoms with Gasteiger partial charge in [-0.1, -0.05) is 20.8 Å². The Morgan fingerprint density at radius 3 is 2.76 bits per heavy atom. The second kappa shape index (κ2) is 9.80. The first-order chi connectivity index (χ1) is 12.1. The van der Waals surface area contributed by atoms with Gasteiger partial charge in [-0.2, -0.15) is 0 Å². The van der Waals surface area contributed by atoms with Crippen LogP contribution in [0.5, 0.6) is 0 Å². The van der Waals surface area contributed by atoms with Gasteiger partial charge in [0.05, 0.1) is 0 Å². The van der Waals surface area contributed by atoms with Gasteiger partial charge in [-0.25, -0.2) is 9.98 Å². The minimum atomic E-state index is 0.557. The normalized spacial score (nSPS) is 12.0. The zero-order valence-corrected chi connectivity index (χ0v) is 15.7. The molecule has 0 unspecified atom stereocenters. The van der Waals surface area contributed by atoms with Gasteiger partial charge in [-0.05, 0) is 12.8 Å². The molecule has 0 aliphatic rings. The average molecular weight is 346 g/mol. The molecule has 0 spiro atoms. The number of nitrogens with one attached hydrogen (secondary N) is 2. The molecule has 2 N–H and O–H groups in total. The number of hydrogen-bond acceptors (Lipinski definition) is 4. The number of nitrogens with zero attached hydrogens (tertiary/aromatic N) is 6. The molecule has 2 heterocycles. The van der Waals surface area contributed by atoms with Crippen molar-refractivity contribution in [2.75, 3.05) is 13.1 Å². The van der Waals surface area contributed by atoms with Crippen LogP contribution in [0.3, 0.4) is 0 Å². The molecule has 0 fully saturated rings. The Kier molecular flexibility index (Phi) is 7.43. The van der Waals surface area contributed by atoms with Gasteiger partial charge in [0, 0.05) is 45.0 Å². The highest BCUT2D eigenvalue weighted by molar-refractivity contribution is 5.79. The Bertz CT molecular complexity index is 655. The number of aryl methyl sites for hydroxylation is 1. The number of rotatable bonds is 9. The fraction of sp³-hybridized carbons (Fsp3) is 0.647. The second-order valence-electron chi connectivity index (χ2n) is 6.31. The van der Waals surface area contributed by atoms with E-state index >= 15 is 0 Å². The first-order valence-corrected chi connectivity index (χ1v) is 9.02. The van der Waals surface area contributed by atoms with E-state index in [0.29, 0.717) is 12.5 Å². The van der Waals surface area contributed by atoms with Crippen LogP contribution in [0.4, 0.5) is 0 Å². The Labute approximate surface area is 149 Å². The number of aromatic nitrogens is 5. The molecule has 0 aliphatic carbocycles. The SMILES string of the molecule is CCNC(=NCc1nccn1CC(C)C)NCCn1cnnc1CC. The van der Waals surface area contributed by atoms with Crippen LogP contribution in [-0.2, 0) is 26.1 Å². The van der Waals surface area contributed by atoms with Crippen molar-refractivity contribution in [2.24, 2.45) is 10.9 Å². The lowest BCUT2D eigenvalue weighted by Gasteiger charge is -2.13. The summed E-state index contributed by atoms with van der Waals surface area (Å²) in [5, 5.41) is 14.7. The second-order valence-corrected chi connectivity index (χ2v) is 6.31. The van der Waals surface area contributed by atoms with E-state index in [1.165, 1.54) is 0 Å². The summed E-state index contributed by atoms with van der Waals surface area (Å²) in [6, 6.07) is 0. The van der Waals surface area contributed by atoms with Crippen molar-refractivity contribution in [3.8, 4) is 0 Å². The lowest BCUT2D eigenvalue weighted by Crippen LogP contribution is -2.39. The predicted molar refractivity (Wildman–Crippen MR) is 99.3 cm³/mol. The largest absolute Gasteiger partial charge is 0.357 e. The molecule has 25 heavy (non-hydrogen) atoms. The quantitative estimate of drug-likeness (QED) is 0.530. The maximum Gasteiger partial charge on any atom is 0.191 e. The Hall–Kier alpha value is -2.38. The molecule has 138 valence electrons. The Morgan fingerprint density at radius 1 is 1.20 bits per heavy atom. The van der Waals surface area contributed by atoms with Crippen LogP contribution in [0.25, 0.3) is 0 Å². The average Bonchev–Trinajstić information content (AvgIpc) is 3.21. The molecule has 0 bridgehead atoms. The molecular weight excluding hydrogens is 316 g/mol. The van der Waals surface area contributed by atoms with Crippen molar-refractivity contribution in [1.29, 1.82) is 0 Å². The number of hydrogen-bond donors (Lipinski definition) is 2. The lowest BCUT2D eigenvalue weighted by atomic mass is 10.2. The van der Waals surface area contributed by atoms with E-state index in [0.717, 1.165) is 50.2 Å². The van der Waals surface area contributed by atoms with E-state index in [2.05, 4.69) is 67.6 Å². The predicted octanol–water partition coefficient (Wildman–Crippen LogP) is 1.45. The molecule has 0 aliphatic heterocycles. The molecule has 2 aromatic rings. The Balaban J connectivity index is 1.91. The monoisotopic (exact) mass is 346 g/mol. The molecule has 0 saturated heterocycles. The van der Waals surface area contributed by atoms with Crippen LogP contribution in [0.15, 0.2) is 23.7 Å². The molecule has 8 heteroatoms. The van der Waals surface area contributed by atoms with Crippen molar-refractivity contribution in [2.45, 2.75) is 53.8 Å². The maximum atomic E-state index is 4.66. The minimum Gasteiger partial charge on any atom is -0.357 e. The molecule has 2 aromatic heterocycles. The lowest BCUT2D eigenvalue weighted by molar-refractivity contribution is 0.507. The summed E-state index contributed by atoms with van der Waals surface area (Å²) in [5.41, 5.74) is 0. The van der Waals surface area contributed by atoms with Crippen LogP contribution in [0.2, 0.25) is 0 Å². The van der Waals surface area contributed by atoms with E-state index in [-0.39, 0.29) is 0 Å². The first-order valence-electron chi connectivity index (χ1n) is 9.02. The topological polar surface area (TPSA) is 85.0 Å². The van der Waals surface area contributed by atoms with Gasteiger partial charge in [-0.3, -0.25) is 0 Å². The summed E-state index contributed by atoms with van der Waals surface area (Å²) in [6.45, 7) is 12.5. The number of guanidine groups is 1. The highest BCUT2D eigenvalue weighted by Crippen LogP contribution is 2.04. The van der Waals surface area contributed by atoms with E-state index in [9.17, 15) is 0 Å². The molecular formula is C17H30N8. The van der Waals surface area contributed by atoms with Crippen LogP contribution in [0.1, 0.15) is 39.3 Å². The van der Waals surface area contributed by atoms with Gasteiger partial charge >= 0.3 is 0 Å². The van der Waals surface area contributed by atoms with E-state index in [1.807, 2.05) is 12.4 Å². The van der Waals surface area contributed by atoms with E-state index in [1.54, 1.807) is 6.33 Å². The molecule has 2 rings (SSSR count). The maximum absolute atomic E-state index is 4.66. The molecule has 0 saturated carbocycles. The number of imidazole rings is 1. The summed E-state index contributed by atoms with van der Waals surface area (Å²) in [7, 11) is 0. The van der Waals surface area contributed by atoms with Crippen molar-refractivity contribution in [3.63, 3.8) is 0 Å². The van der Waals surface area contributed by atoms with Gasteiger partial charge in [0.25, 0.3) is 0 Å². The van der Waals surface area contributed by atoms with Crippen molar-refractivity contribution < 1.29 is 0 Å². The van der Waals surface area contributed by atoms with Crippen LogP contribution in [-0.4, -0.2) is 43.4 Å². The highest BCUT2D eigenvalue weighted by atomic mass is 15.3. The van der Waals surface area contributed by atoms with E-state index < -0.39 is 0 Å². The fourth-order valence-corrected chi connectivity index (χ4v) is 2.58. The zero-order chi connectivity index (χ0) is 18.1. The third-order valence-electron chi connectivity index (χ3n) is 3.74. The highest BCUT2D eigenvalue weighted by Gasteiger charge is 2.06. The van der Waals surface area contributed by atoms with Crippen molar-refractivity contribution in [3.05, 3.63) is 30.4 Å². The van der Waals surface area contributed by atoms with Gasteiger partial charge in [-0.15, -0.1) is 10.2 Å². The van der Waals surface area contributed by atoms with Crippen LogP contribution >= 0.6 is 0 Å². The third-order valence-corrected chi connectivity index (χ3v) is 3.74. The van der Waals surface area contributed by atoms with Gasteiger partial charge < -0.3 is 19.8 Å². The van der Waals surface area contributed by atoms with Crippen LogP contribution < -0.4 is 10.6 Å². The zero-order valence-electron chi connectivity index (χ0n) is 15.7. The summed E-state index contributed by atoms with van der Waals surface area (Å²) in [5.74, 6) is 3.37.